The Hall–Kier alpha value is -1.06. The van der Waals surface area contributed by atoms with Crippen LogP contribution in [0.5, 0.6) is 0 Å². The molecular weight excluding hydrogens is 240 g/mol. The van der Waals surface area contributed by atoms with Crippen molar-refractivity contribution < 1.29 is 0 Å². The zero-order chi connectivity index (χ0) is 12.4. The van der Waals surface area contributed by atoms with Crippen LogP contribution in [0, 0.1) is 0 Å². The van der Waals surface area contributed by atoms with E-state index in [9.17, 15) is 0 Å². The Morgan fingerprint density at radius 3 is 3.17 bits per heavy atom. The summed E-state index contributed by atoms with van der Waals surface area (Å²) in [5.41, 5.74) is 4.48. The highest BCUT2D eigenvalue weighted by molar-refractivity contribution is 7.07. The highest BCUT2D eigenvalue weighted by atomic mass is 32.1. The monoisotopic (exact) mass is 260 g/mol. The van der Waals surface area contributed by atoms with Crippen LogP contribution in [0.25, 0.3) is 0 Å². The predicted octanol–water partition coefficient (Wildman–Crippen LogP) is 3.58. The third kappa shape index (κ3) is 2.38. The Bertz CT molecular complexity index is 499. The quantitative estimate of drug-likeness (QED) is 0.889. The van der Waals surface area contributed by atoms with Gasteiger partial charge in [0.1, 0.15) is 0 Å². The summed E-state index contributed by atoms with van der Waals surface area (Å²) in [6, 6.07) is 2.79. The van der Waals surface area contributed by atoms with Crippen LogP contribution in [0.3, 0.4) is 0 Å². The summed E-state index contributed by atoms with van der Waals surface area (Å²) < 4.78 is 2.35. The fourth-order valence-electron chi connectivity index (χ4n) is 2.89. The number of thiophene rings is 1. The maximum absolute atomic E-state index is 3.60. The molecule has 0 aliphatic heterocycles. The van der Waals surface area contributed by atoms with Crippen LogP contribution in [0.2, 0.25) is 0 Å². The first-order chi connectivity index (χ1) is 8.86. The van der Waals surface area contributed by atoms with Crippen molar-refractivity contribution in [3.8, 4) is 0 Å². The van der Waals surface area contributed by atoms with Crippen LogP contribution in [0.4, 0.5) is 0 Å². The molecule has 2 nitrogen and oxygen atoms in total. The molecule has 0 bridgehead atoms. The van der Waals surface area contributed by atoms with Crippen LogP contribution >= 0.6 is 11.3 Å². The second kappa shape index (κ2) is 5.29. The van der Waals surface area contributed by atoms with E-state index in [1.807, 2.05) is 0 Å². The highest BCUT2D eigenvalue weighted by Crippen LogP contribution is 2.30. The van der Waals surface area contributed by atoms with E-state index in [0.717, 1.165) is 13.1 Å². The number of nitrogens with one attached hydrogen (secondary N) is 1. The van der Waals surface area contributed by atoms with Crippen molar-refractivity contribution in [1.82, 2.24) is 9.88 Å². The largest absolute Gasteiger partial charge is 0.349 e. The Morgan fingerprint density at radius 2 is 2.39 bits per heavy atom. The molecule has 2 aromatic heterocycles. The van der Waals surface area contributed by atoms with Gasteiger partial charge in [0.2, 0.25) is 0 Å². The lowest BCUT2D eigenvalue weighted by Gasteiger charge is -2.22. The zero-order valence-electron chi connectivity index (χ0n) is 10.9. The van der Waals surface area contributed by atoms with E-state index in [-0.39, 0.29) is 0 Å². The molecule has 0 fully saturated rings. The Balaban J connectivity index is 1.82. The maximum atomic E-state index is 3.60. The van der Waals surface area contributed by atoms with E-state index < -0.39 is 0 Å². The van der Waals surface area contributed by atoms with E-state index in [2.05, 4.69) is 46.0 Å². The van der Waals surface area contributed by atoms with Crippen molar-refractivity contribution >= 4 is 11.3 Å². The summed E-state index contributed by atoms with van der Waals surface area (Å²) in [5, 5.41) is 7.99. The average molecular weight is 260 g/mol. The third-order valence-corrected chi connectivity index (χ3v) is 4.44. The van der Waals surface area contributed by atoms with Crippen LogP contribution in [-0.4, -0.2) is 11.1 Å². The van der Waals surface area contributed by atoms with Gasteiger partial charge in [-0.3, -0.25) is 0 Å². The predicted molar refractivity (Wildman–Crippen MR) is 77.2 cm³/mol. The lowest BCUT2D eigenvalue weighted by Crippen LogP contribution is -2.23. The molecule has 18 heavy (non-hydrogen) atoms. The van der Waals surface area contributed by atoms with Gasteiger partial charge in [-0.2, -0.15) is 11.3 Å². The van der Waals surface area contributed by atoms with Crippen molar-refractivity contribution in [3.05, 3.63) is 45.9 Å². The van der Waals surface area contributed by atoms with E-state index in [1.54, 1.807) is 16.9 Å². The molecule has 1 aliphatic carbocycles. The van der Waals surface area contributed by atoms with Crippen molar-refractivity contribution in [1.29, 1.82) is 0 Å². The second-order valence-electron chi connectivity index (χ2n) is 5.05. The minimum Gasteiger partial charge on any atom is -0.349 e. The first-order valence-corrected chi connectivity index (χ1v) is 7.74. The third-order valence-electron chi connectivity index (χ3n) is 3.71. The van der Waals surface area contributed by atoms with Gasteiger partial charge in [-0.05, 0) is 59.3 Å². The van der Waals surface area contributed by atoms with E-state index >= 15 is 0 Å². The minimum absolute atomic E-state index is 0.572. The molecular formula is C15H20N2S. The van der Waals surface area contributed by atoms with Crippen LogP contribution in [0.1, 0.15) is 42.5 Å². The van der Waals surface area contributed by atoms with Gasteiger partial charge in [-0.1, -0.05) is 6.92 Å². The standard InChI is InChI=1S/C15H20N2S/c1-2-16-15-5-3-4-13-9-17(10-14(13)15)8-12-6-7-18-11-12/h6-7,9-11,15-16H,2-5,8H2,1H3. The van der Waals surface area contributed by atoms with Gasteiger partial charge in [0, 0.05) is 25.0 Å². The molecule has 1 atom stereocenters. The molecule has 1 N–H and O–H groups in total. The molecule has 0 spiro atoms. The fraction of sp³-hybridized carbons (Fsp3) is 0.467. The molecule has 2 heterocycles. The molecule has 3 rings (SSSR count). The van der Waals surface area contributed by atoms with E-state index in [1.165, 1.54) is 30.4 Å². The first-order valence-electron chi connectivity index (χ1n) is 6.80. The van der Waals surface area contributed by atoms with Gasteiger partial charge in [-0.25, -0.2) is 0 Å². The number of aromatic nitrogens is 1. The number of aryl methyl sites for hydroxylation is 1. The SMILES string of the molecule is CCNC1CCCc2cn(Cc3ccsc3)cc21. The molecule has 2 aromatic rings. The molecule has 3 heteroatoms. The van der Waals surface area contributed by atoms with Gasteiger partial charge in [0.25, 0.3) is 0 Å². The van der Waals surface area contributed by atoms with Crippen molar-refractivity contribution in [2.75, 3.05) is 6.54 Å². The molecule has 96 valence electrons. The lowest BCUT2D eigenvalue weighted by atomic mass is 9.91. The van der Waals surface area contributed by atoms with Gasteiger partial charge in [0.15, 0.2) is 0 Å². The maximum Gasteiger partial charge on any atom is 0.0478 e. The van der Waals surface area contributed by atoms with E-state index in [4.69, 9.17) is 0 Å². The van der Waals surface area contributed by atoms with Crippen molar-refractivity contribution in [2.24, 2.45) is 0 Å². The zero-order valence-corrected chi connectivity index (χ0v) is 11.7. The number of fused-ring (bicyclic) bond motifs is 1. The van der Waals surface area contributed by atoms with Gasteiger partial charge in [0.05, 0.1) is 0 Å². The number of hydrogen-bond donors (Lipinski definition) is 1. The van der Waals surface area contributed by atoms with Crippen molar-refractivity contribution in [2.45, 2.75) is 38.8 Å². The number of hydrogen-bond acceptors (Lipinski definition) is 2. The molecule has 0 radical (unpaired) electrons. The van der Waals surface area contributed by atoms with Crippen LogP contribution in [-0.2, 0) is 13.0 Å². The molecule has 0 saturated heterocycles. The number of nitrogens with zero attached hydrogens (tertiary/aromatic N) is 1. The Morgan fingerprint density at radius 1 is 1.44 bits per heavy atom. The summed E-state index contributed by atoms with van der Waals surface area (Å²) >= 11 is 1.78. The molecule has 1 unspecified atom stereocenters. The molecule has 0 amide bonds. The van der Waals surface area contributed by atoms with Gasteiger partial charge >= 0.3 is 0 Å². The summed E-state index contributed by atoms with van der Waals surface area (Å²) in [6.45, 7) is 4.26. The summed E-state index contributed by atoms with van der Waals surface area (Å²) in [6.07, 6.45) is 8.53. The molecule has 1 aliphatic rings. The fourth-order valence-corrected chi connectivity index (χ4v) is 3.55. The lowest BCUT2D eigenvalue weighted by molar-refractivity contribution is 0.473. The smallest absolute Gasteiger partial charge is 0.0478 e. The molecule has 0 saturated carbocycles. The Kier molecular flexibility index (Phi) is 3.52. The minimum atomic E-state index is 0.572. The Labute approximate surface area is 113 Å². The topological polar surface area (TPSA) is 17.0 Å². The highest BCUT2D eigenvalue weighted by Gasteiger charge is 2.21. The van der Waals surface area contributed by atoms with Gasteiger partial charge < -0.3 is 9.88 Å². The average Bonchev–Trinajstić information content (AvgIpc) is 2.99. The number of rotatable bonds is 4. The van der Waals surface area contributed by atoms with E-state index in [0.29, 0.717) is 6.04 Å². The second-order valence-corrected chi connectivity index (χ2v) is 5.83. The van der Waals surface area contributed by atoms with Crippen LogP contribution in [0.15, 0.2) is 29.2 Å². The van der Waals surface area contributed by atoms with Gasteiger partial charge in [-0.15, -0.1) is 0 Å². The summed E-state index contributed by atoms with van der Waals surface area (Å²) in [4.78, 5) is 0. The summed E-state index contributed by atoms with van der Waals surface area (Å²) in [7, 11) is 0. The normalized spacial score (nSPS) is 18.8. The van der Waals surface area contributed by atoms with Crippen LogP contribution < -0.4 is 5.32 Å². The first kappa shape index (κ1) is 12.0. The van der Waals surface area contributed by atoms with Crippen molar-refractivity contribution in [3.63, 3.8) is 0 Å². The molecule has 0 aromatic carbocycles. The summed E-state index contributed by atoms with van der Waals surface area (Å²) in [5.74, 6) is 0.